The molecule has 40 heavy (non-hydrogen) atoms. The average Bonchev–Trinajstić information content (AvgIpc) is 3.41. The Kier molecular flexibility index (Phi) is 7.92. The van der Waals surface area contributed by atoms with E-state index < -0.39 is 0 Å². The molecule has 1 aliphatic carbocycles. The molecule has 8 nitrogen and oxygen atoms in total. The first-order valence-electron chi connectivity index (χ1n) is 13.8. The Morgan fingerprint density at radius 1 is 0.700 bits per heavy atom. The van der Waals surface area contributed by atoms with E-state index >= 15 is 0 Å². The Balaban J connectivity index is 0.000000145. The third-order valence-corrected chi connectivity index (χ3v) is 8.21. The zero-order valence-corrected chi connectivity index (χ0v) is 24.3. The van der Waals surface area contributed by atoms with Crippen LogP contribution in [0, 0.1) is 13.8 Å². The van der Waals surface area contributed by atoms with Gasteiger partial charge >= 0.3 is 0 Å². The molecular formula is C31H33BrN2O6. The van der Waals surface area contributed by atoms with Crippen molar-refractivity contribution in [1.29, 1.82) is 0 Å². The van der Waals surface area contributed by atoms with Gasteiger partial charge in [0.2, 0.25) is 0 Å². The molecule has 210 valence electrons. The van der Waals surface area contributed by atoms with Gasteiger partial charge in [-0.05, 0) is 67.5 Å². The Morgan fingerprint density at radius 3 is 1.68 bits per heavy atom. The number of nitrogens with zero attached hydrogens (tertiary/aromatic N) is 2. The molecule has 4 aromatic rings. The lowest BCUT2D eigenvalue weighted by molar-refractivity contribution is -0.0525. The molecule has 1 saturated carbocycles. The van der Waals surface area contributed by atoms with Gasteiger partial charge in [-0.1, -0.05) is 34.1 Å². The molecule has 0 atom stereocenters. The minimum absolute atomic E-state index is 0.0204. The number of halogens is 1. The van der Waals surface area contributed by atoms with Gasteiger partial charge in [0.15, 0.2) is 12.6 Å². The average molecular weight is 610 g/mol. The van der Waals surface area contributed by atoms with Crippen molar-refractivity contribution >= 4 is 37.7 Å². The van der Waals surface area contributed by atoms with Crippen LogP contribution in [0.2, 0.25) is 0 Å². The second kappa shape index (κ2) is 11.6. The minimum Gasteiger partial charge on any atom is -0.348 e. The summed E-state index contributed by atoms with van der Waals surface area (Å²) in [5, 5.41) is 2.21. The molecule has 0 amide bonds. The molecule has 0 spiro atoms. The number of hydrogen-bond donors (Lipinski definition) is 0. The first-order chi connectivity index (χ1) is 19.4. The molecule has 4 heterocycles. The number of ether oxygens (including phenoxy) is 4. The van der Waals surface area contributed by atoms with Crippen LogP contribution in [-0.2, 0) is 32.0 Å². The van der Waals surface area contributed by atoms with Crippen molar-refractivity contribution in [3.05, 3.63) is 90.4 Å². The third kappa shape index (κ3) is 5.80. The SMILES string of the molecule is Cc1cc(=O)n(CC2OCCO2)c2cc(Br)ccc12.Cc1cc(=O)n(CC2OCCO2)c2cc(C3CC3)ccc12. The van der Waals surface area contributed by atoms with Crippen LogP contribution < -0.4 is 11.1 Å². The fourth-order valence-corrected chi connectivity index (χ4v) is 5.81. The third-order valence-electron chi connectivity index (χ3n) is 7.72. The fourth-order valence-electron chi connectivity index (χ4n) is 5.46. The van der Waals surface area contributed by atoms with Gasteiger partial charge in [-0.15, -0.1) is 0 Å². The summed E-state index contributed by atoms with van der Waals surface area (Å²) >= 11 is 3.45. The van der Waals surface area contributed by atoms with Crippen molar-refractivity contribution in [2.24, 2.45) is 0 Å². The Labute approximate surface area is 240 Å². The predicted molar refractivity (Wildman–Crippen MR) is 157 cm³/mol. The van der Waals surface area contributed by atoms with Crippen molar-refractivity contribution < 1.29 is 18.9 Å². The van der Waals surface area contributed by atoms with Crippen LogP contribution in [0.4, 0.5) is 0 Å². The Bertz CT molecular complexity index is 1660. The Morgan fingerprint density at radius 2 is 1.18 bits per heavy atom. The molecule has 3 fully saturated rings. The predicted octanol–water partition coefficient (Wildman–Crippen LogP) is 5.01. The standard InChI is InChI=1S/C17H19NO3.C14H14BrNO3/c1-11-8-16(19)18(10-17-20-6-7-21-17)15-9-13(12-2-3-12)4-5-14(11)15;1-9-6-13(17)16(8-14-18-4-5-19-14)12-7-10(15)2-3-11(9)12/h4-5,8-9,12,17H,2-3,6-7,10H2,1H3;2-3,6-7,14H,4-5,8H2,1H3. The van der Waals surface area contributed by atoms with Crippen LogP contribution in [-0.4, -0.2) is 48.1 Å². The number of aryl methyl sites for hydroxylation is 2. The van der Waals surface area contributed by atoms with Gasteiger partial charge in [0.25, 0.3) is 11.1 Å². The number of hydrogen-bond acceptors (Lipinski definition) is 6. The molecule has 2 aliphatic heterocycles. The molecule has 2 saturated heterocycles. The smallest absolute Gasteiger partial charge is 0.251 e. The van der Waals surface area contributed by atoms with E-state index in [0.29, 0.717) is 45.4 Å². The van der Waals surface area contributed by atoms with E-state index in [0.717, 1.165) is 37.4 Å². The highest BCUT2D eigenvalue weighted by atomic mass is 79.9. The first kappa shape index (κ1) is 27.4. The second-order valence-corrected chi connectivity index (χ2v) is 11.5. The van der Waals surface area contributed by atoms with Gasteiger partial charge < -0.3 is 28.1 Å². The second-order valence-electron chi connectivity index (χ2n) is 10.6. The minimum atomic E-state index is -0.331. The molecule has 7 rings (SSSR count). The van der Waals surface area contributed by atoms with E-state index in [9.17, 15) is 9.59 Å². The molecular weight excluding hydrogens is 576 g/mol. The van der Waals surface area contributed by atoms with Crippen LogP contribution in [0.1, 0.15) is 35.4 Å². The van der Waals surface area contributed by atoms with E-state index in [1.807, 2.05) is 32.0 Å². The van der Waals surface area contributed by atoms with Crippen LogP contribution in [0.3, 0.4) is 0 Å². The summed E-state index contributed by atoms with van der Waals surface area (Å²) in [5.41, 5.74) is 5.25. The van der Waals surface area contributed by atoms with Crippen molar-refractivity contribution in [2.75, 3.05) is 26.4 Å². The molecule has 0 radical (unpaired) electrons. The van der Waals surface area contributed by atoms with E-state index in [-0.39, 0.29) is 23.7 Å². The van der Waals surface area contributed by atoms with Crippen LogP contribution >= 0.6 is 15.9 Å². The maximum absolute atomic E-state index is 12.4. The quantitative estimate of drug-likeness (QED) is 0.317. The summed E-state index contributed by atoms with van der Waals surface area (Å²) in [7, 11) is 0. The number of rotatable bonds is 5. The maximum atomic E-state index is 12.4. The summed E-state index contributed by atoms with van der Waals surface area (Å²) in [5.74, 6) is 0.678. The molecule has 0 bridgehead atoms. The lowest BCUT2D eigenvalue weighted by Gasteiger charge is -2.16. The molecule has 3 aliphatic rings. The van der Waals surface area contributed by atoms with Crippen LogP contribution in [0.15, 0.2) is 62.6 Å². The number of fused-ring (bicyclic) bond motifs is 2. The van der Waals surface area contributed by atoms with Crippen molar-refractivity contribution in [2.45, 2.75) is 58.3 Å². The summed E-state index contributed by atoms with van der Waals surface area (Å²) in [6.45, 7) is 7.22. The fraction of sp³-hybridized carbons (Fsp3) is 0.419. The summed E-state index contributed by atoms with van der Waals surface area (Å²) in [4.78, 5) is 24.6. The summed E-state index contributed by atoms with van der Waals surface area (Å²) < 4.78 is 26.3. The van der Waals surface area contributed by atoms with Gasteiger partial charge in [-0.25, -0.2) is 0 Å². The normalized spacial score (nSPS) is 18.0. The zero-order valence-electron chi connectivity index (χ0n) is 22.7. The molecule has 2 aromatic carbocycles. The highest BCUT2D eigenvalue weighted by Crippen LogP contribution is 2.41. The molecule has 0 unspecified atom stereocenters. The number of benzene rings is 2. The topological polar surface area (TPSA) is 80.9 Å². The molecule has 0 N–H and O–H groups in total. The zero-order chi connectivity index (χ0) is 27.8. The van der Waals surface area contributed by atoms with E-state index in [4.69, 9.17) is 18.9 Å². The van der Waals surface area contributed by atoms with Crippen molar-refractivity contribution in [1.82, 2.24) is 9.13 Å². The van der Waals surface area contributed by atoms with E-state index in [1.54, 1.807) is 21.3 Å². The summed E-state index contributed by atoms with van der Waals surface area (Å²) in [6, 6.07) is 15.8. The largest absolute Gasteiger partial charge is 0.348 e. The lowest BCUT2D eigenvalue weighted by atomic mass is 10.0. The first-order valence-corrected chi connectivity index (χ1v) is 14.6. The van der Waals surface area contributed by atoms with Gasteiger partial charge in [-0.2, -0.15) is 0 Å². The highest BCUT2D eigenvalue weighted by Gasteiger charge is 2.25. The molecule has 9 heteroatoms. The highest BCUT2D eigenvalue weighted by molar-refractivity contribution is 9.10. The van der Waals surface area contributed by atoms with Gasteiger partial charge in [0.1, 0.15) is 0 Å². The van der Waals surface area contributed by atoms with Crippen LogP contribution in [0.5, 0.6) is 0 Å². The Hall–Kier alpha value is -2.82. The van der Waals surface area contributed by atoms with Gasteiger partial charge in [0, 0.05) is 27.4 Å². The van der Waals surface area contributed by atoms with E-state index in [2.05, 4.69) is 34.1 Å². The van der Waals surface area contributed by atoms with Gasteiger partial charge in [-0.3, -0.25) is 9.59 Å². The van der Waals surface area contributed by atoms with Crippen LogP contribution in [0.25, 0.3) is 21.8 Å². The lowest BCUT2D eigenvalue weighted by Crippen LogP contribution is -2.27. The monoisotopic (exact) mass is 608 g/mol. The van der Waals surface area contributed by atoms with E-state index in [1.165, 1.54) is 18.4 Å². The maximum Gasteiger partial charge on any atom is 0.251 e. The van der Waals surface area contributed by atoms with Gasteiger partial charge in [0.05, 0.1) is 50.6 Å². The molecule has 2 aromatic heterocycles. The number of pyridine rings is 2. The van der Waals surface area contributed by atoms with Crippen molar-refractivity contribution in [3.8, 4) is 0 Å². The summed E-state index contributed by atoms with van der Waals surface area (Å²) in [6.07, 6.45) is 1.88. The van der Waals surface area contributed by atoms with Crippen molar-refractivity contribution in [3.63, 3.8) is 0 Å². The number of aromatic nitrogens is 2.